The Morgan fingerprint density at radius 3 is 2.76 bits per heavy atom. The van der Waals surface area contributed by atoms with Crippen molar-refractivity contribution < 1.29 is 8.78 Å². The third-order valence-electron chi connectivity index (χ3n) is 2.97. The van der Waals surface area contributed by atoms with E-state index in [4.69, 9.17) is 0 Å². The summed E-state index contributed by atoms with van der Waals surface area (Å²) in [4.78, 5) is 0. The van der Waals surface area contributed by atoms with E-state index in [9.17, 15) is 8.78 Å². The summed E-state index contributed by atoms with van der Waals surface area (Å²) in [6.45, 7) is 2.83. The minimum Gasteiger partial charge on any atom is -0.310 e. The zero-order valence-corrected chi connectivity index (χ0v) is 9.97. The van der Waals surface area contributed by atoms with E-state index in [1.807, 2.05) is 13.0 Å². The molecule has 1 aromatic rings. The molecule has 0 spiro atoms. The number of hydrogen-bond acceptors (Lipinski definition) is 1. The molecule has 17 heavy (non-hydrogen) atoms. The number of rotatable bonds is 5. The van der Waals surface area contributed by atoms with Crippen LogP contribution in [0.25, 0.3) is 6.08 Å². The van der Waals surface area contributed by atoms with Gasteiger partial charge in [0.2, 0.25) is 0 Å². The number of halogens is 2. The minimum atomic E-state index is -0.534. The van der Waals surface area contributed by atoms with Crippen molar-refractivity contribution in [2.75, 3.05) is 6.54 Å². The minimum absolute atomic E-state index is 0.459. The average Bonchev–Trinajstić information content (AvgIpc) is 3.11. The van der Waals surface area contributed by atoms with Gasteiger partial charge in [-0.25, -0.2) is 8.78 Å². The van der Waals surface area contributed by atoms with E-state index in [2.05, 4.69) is 5.32 Å². The lowest BCUT2D eigenvalue weighted by molar-refractivity contribution is 0.581. The quantitative estimate of drug-likeness (QED) is 0.826. The summed E-state index contributed by atoms with van der Waals surface area (Å²) < 4.78 is 26.2. The smallest absolute Gasteiger partial charge is 0.133 e. The third-order valence-corrected chi connectivity index (χ3v) is 2.97. The van der Waals surface area contributed by atoms with Crippen molar-refractivity contribution in [1.82, 2.24) is 5.32 Å². The molecule has 1 saturated carbocycles. The first-order valence-electron chi connectivity index (χ1n) is 6.07. The first-order chi connectivity index (χ1) is 8.19. The van der Waals surface area contributed by atoms with Gasteiger partial charge >= 0.3 is 0 Å². The molecule has 1 aromatic carbocycles. The molecule has 0 atom stereocenters. The van der Waals surface area contributed by atoms with Crippen LogP contribution in [0.3, 0.4) is 0 Å². The van der Waals surface area contributed by atoms with E-state index in [1.165, 1.54) is 25.0 Å². The Balaban J connectivity index is 2.07. The van der Waals surface area contributed by atoms with E-state index in [0.717, 1.165) is 24.6 Å². The maximum absolute atomic E-state index is 13.5. The van der Waals surface area contributed by atoms with Crippen LogP contribution in [0.5, 0.6) is 0 Å². The molecule has 3 heteroatoms. The summed E-state index contributed by atoms with van der Waals surface area (Å²) in [6.07, 6.45) is 5.16. The van der Waals surface area contributed by atoms with Crippen LogP contribution in [-0.2, 0) is 0 Å². The molecule has 1 fully saturated rings. The maximum Gasteiger partial charge on any atom is 0.133 e. The van der Waals surface area contributed by atoms with Gasteiger partial charge in [-0.15, -0.1) is 0 Å². The fraction of sp³-hybridized carbons (Fsp3) is 0.429. The van der Waals surface area contributed by atoms with Crippen LogP contribution in [0.15, 0.2) is 23.8 Å². The van der Waals surface area contributed by atoms with Crippen LogP contribution in [0.4, 0.5) is 8.78 Å². The molecule has 0 aromatic heterocycles. The van der Waals surface area contributed by atoms with Crippen molar-refractivity contribution in [2.45, 2.75) is 32.2 Å². The summed E-state index contributed by atoms with van der Waals surface area (Å²) in [5.41, 5.74) is 1.60. The Hall–Kier alpha value is -1.22. The lowest BCUT2D eigenvalue weighted by atomic mass is 10.1. The molecule has 1 aliphatic carbocycles. The zero-order valence-electron chi connectivity index (χ0n) is 9.97. The summed E-state index contributed by atoms with van der Waals surface area (Å²) in [5.74, 6) is -1.03. The monoisotopic (exact) mass is 237 g/mol. The molecule has 0 bridgehead atoms. The zero-order chi connectivity index (χ0) is 12.3. The normalized spacial score (nSPS) is 16.3. The third kappa shape index (κ3) is 3.63. The van der Waals surface area contributed by atoms with Crippen LogP contribution in [0.1, 0.15) is 31.7 Å². The summed E-state index contributed by atoms with van der Waals surface area (Å²) in [5, 5.41) is 3.39. The van der Waals surface area contributed by atoms with E-state index in [-0.39, 0.29) is 0 Å². The van der Waals surface area contributed by atoms with Crippen LogP contribution < -0.4 is 5.32 Å². The van der Waals surface area contributed by atoms with Gasteiger partial charge in [-0.2, -0.15) is 0 Å². The second-order valence-electron chi connectivity index (χ2n) is 4.48. The molecule has 92 valence electrons. The molecule has 0 radical (unpaired) electrons. The van der Waals surface area contributed by atoms with Crippen molar-refractivity contribution in [1.29, 1.82) is 0 Å². The first kappa shape index (κ1) is 12.2. The average molecular weight is 237 g/mol. The largest absolute Gasteiger partial charge is 0.310 e. The molecule has 0 unspecified atom stereocenters. The Kier molecular flexibility index (Phi) is 3.89. The molecule has 0 heterocycles. The van der Waals surface area contributed by atoms with E-state index in [0.29, 0.717) is 11.6 Å². The number of benzene rings is 1. The van der Waals surface area contributed by atoms with Gasteiger partial charge in [0.05, 0.1) is 0 Å². The Bertz CT molecular complexity index is 422. The molecule has 1 nitrogen and oxygen atoms in total. The van der Waals surface area contributed by atoms with Gasteiger partial charge in [-0.1, -0.05) is 18.6 Å². The highest BCUT2D eigenvalue weighted by molar-refractivity contribution is 5.53. The van der Waals surface area contributed by atoms with Crippen LogP contribution in [0, 0.1) is 11.6 Å². The lowest BCUT2D eigenvalue weighted by Gasteiger charge is -2.07. The molecule has 1 aliphatic rings. The van der Waals surface area contributed by atoms with E-state index >= 15 is 0 Å². The Labute approximate surface area is 101 Å². The Morgan fingerprint density at radius 2 is 2.18 bits per heavy atom. The lowest BCUT2D eigenvalue weighted by Crippen LogP contribution is -2.18. The van der Waals surface area contributed by atoms with Crippen molar-refractivity contribution >= 4 is 6.08 Å². The highest BCUT2D eigenvalue weighted by Gasteiger charge is 2.20. The van der Waals surface area contributed by atoms with Crippen molar-refractivity contribution in [2.24, 2.45) is 0 Å². The van der Waals surface area contributed by atoms with Crippen molar-refractivity contribution in [3.8, 4) is 0 Å². The molecular weight excluding hydrogens is 220 g/mol. The molecule has 0 saturated heterocycles. The van der Waals surface area contributed by atoms with Gasteiger partial charge in [0.15, 0.2) is 0 Å². The predicted molar refractivity (Wildman–Crippen MR) is 65.7 cm³/mol. The fourth-order valence-corrected chi connectivity index (χ4v) is 1.68. The Morgan fingerprint density at radius 1 is 1.41 bits per heavy atom. The van der Waals surface area contributed by atoms with Gasteiger partial charge in [0.25, 0.3) is 0 Å². The maximum atomic E-state index is 13.5. The highest BCUT2D eigenvalue weighted by atomic mass is 19.1. The van der Waals surface area contributed by atoms with E-state index in [1.54, 1.807) is 0 Å². The predicted octanol–water partition coefficient (Wildman–Crippen LogP) is 3.51. The number of hydrogen-bond donors (Lipinski definition) is 1. The molecule has 1 N–H and O–H groups in total. The van der Waals surface area contributed by atoms with Crippen molar-refractivity contribution in [3.63, 3.8) is 0 Å². The topological polar surface area (TPSA) is 12.0 Å². The van der Waals surface area contributed by atoms with Gasteiger partial charge in [0, 0.05) is 24.2 Å². The fourth-order valence-electron chi connectivity index (χ4n) is 1.68. The SMILES string of the molecule is CCC(=Cc1ccc(F)cc1F)CNC1CC1. The standard InChI is InChI=1S/C14H17F2N/c1-2-10(9-17-13-5-6-13)7-11-3-4-12(15)8-14(11)16/h3-4,7-8,13,17H,2,5-6,9H2,1H3. The summed E-state index contributed by atoms with van der Waals surface area (Å²) >= 11 is 0. The second kappa shape index (κ2) is 5.41. The van der Waals surface area contributed by atoms with Gasteiger partial charge in [-0.05, 0) is 31.4 Å². The van der Waals surface area contributed by atoms with Crippen LogP contribution >= 0.6 is 0 Å². The molecule has 0 aliphatic heterocycles. The molecule has 0 amide bonds. The number of nitrogens with one attached hydrogen (secondary N) is 1. The highest BCUT2D eigenvalue weighted by Crippen LogP contribution is 2.20. The molecule has 2 rings (SSSR count). The van der Waals surface area contributed by atoms with Gasteiger partial charge in [0.1, 0.15) is 11.6 Å². The second-order valence-corrected chi connectivity index (χ2v) is 4.48. The van der Waals surface area contributed by atoms with Crippen LogP contribution in [-0.4, -0.2) is 12.6 Å². The van der Waals surface area contributed by atoms with Crippen molar-refractivity contribution in [3.05, 3.63) is 41.0 Å². The van der Waals surface area contributed by atoms with Gasteiger partial charge < -0.3 is 5.32 Å². The molecular formula is C14H17F2N. The first-order valence-corrected chi connectivity index (χ1v) is 6.07. The summed E-state index contributed by atoms with van der Waals surface area (Å²) in [7, 11) is 0. The summed E-state index contributed by atoms with van der Waals surface area (Å²) in [6, 6.07) is 4.34. The van der Waals surface area contributed by atoms with Gasteiger partial charge in [-0.3, -0.25) is 0 Å². The van der Waals surface area contributed by atoms with Crippen LogP contribution in [0.2, 0.25) is 0 Å². The van der Waals surface area contributed by atoms with E-state index < -0.39 is 11.6 Å².